The minimum absolute atomic E-state index is 0.0477. The predicted octanol–water partition coefficient (Wildman–Crippen LogP) is 3.55. The maximum Gasteiger partial charge on any atom is 0.233 e. The van der Waals surface area contributed by atoms with Gasteiger partial charge in [0.25, 0.3) is 0 Å². The van der Waals surface area contributed by atoms with Crippen LogP contribution in [0.3, 0.4) is 0 Å². The van der Waals surface area contributed by atoms with Crippen LogP contribution < -0.4 is 0 Å². The first-order chi connectivity index (χ1) is 12.6. The summed E-state index contributed by atoms with van der Waals surface area (Å²) in [6.45, 7) is 0.588. The van der Waals surface area contributed by atoms with Gasteiger partial charge in [0.05, 0.1) is 12.0 Å². The Kier molecular flexibility index (Phi) is 6.05. The van der Waals surface area contributed by atoms with Crippen molar-refractivity contribution >= 4 is 29.4 Å². The van der Waals surface area contributed by atoms with Gasteiger partial charge >= 0.3 is 0 Å². The van der Waals surface area contributed by atoms with Gasteiger partial charge < -0.3 is 13.9 Å². The predicted molar refractivity (Wildman–Crippen MR) is 104 cm³/mol. The lowest BCUT2D eigenvalue weighted by atomic mass is 10.2. The average Bonchev–Trinajstić information content (AvgIpc) is 3.30. The Bertz CT molecular complexity index is 860. The Morgan fingerprint density at radius 1 is 1.23 bits per heavy atom. The van der Waals surface area contributed by atoms with Crippen molar-refractivity contribution in [2.24, 2.45) is 7.05 Å². The SMILES string of the molecule is CSc1ccc(CN(C)C(=O)CSc2nnc(-c3ccco3)n2C)cc1. The fourth-order valence-electron chi connectivity index (χ4n) is 2.39. The third kappa shape index (κ3) is 4.31. The molecule has 0 spiro atoms. The average molecular weight is 389 g/mol. The van der Waals surface area contributed by atoms with Crippen molar-refractivity contribution in [2.75, 3.05) is 19.1 Å². The zero-order valence-electron chi connectivity index (χ0n) is 14.9. The quantitative estimate of drug-likeness (QED) is 0.577. The fourth-order valence-corrected chi connectivity index (χ4v) is 3.65. The summed E-state index contributed by atoms with van der Waals surface area (Å²) >= 11 is 3.08. The molecule has 3 rings (SSSR count). The normalized spacial score (nSPS) is 10.9. The Balaban J connectivity index is 1.56. The number of carbonyl (C=O) groups is 1. The van der Waals surface area contributed by atoms with Crippen molar-refractivity contribution in [2.45, 2.75) is 16.6 Å². The minimum atomic E-state index is 0.0477. The molecule has 6 nitrogen and oxygen atoms in total. The molecule has 0 bridgehead atoms. The van der Waals surface area contributed by atoms with E-state index in [4.69, 9.17) is 4.42 Å². The summed E-state index contributed by atoms with van der Waals surface area (Å²) in [6, 6.07) is 11.9. The van der Waals surface area contributed by atoms with Gasteiger partial charge in [-0.2, -0.15) is 0 Å². The summed E-state index contributed by atoms with van der Waals surface area (Å²) in [5.41, 5.74) is 1.11. The van der Waals surface area contributed by atoms with Gasteiger partial charge in [0.1, 0.15) is 0 Å². The van der Waals surface area contributed by atoms with E-state index in [0.29, 0.717) is 29.0 Å². The van der Waals surface area contributed by atoms with Crippen LogP contribution in [0.5, 0.6) is 0 Å². The van der Waals surface area contributed by atoms with E-state index < -0.39 is 0 Å². The van der Waals surface area contributed by atoms with Gasteiger partial charge in [0.2, 0.25) is 5.91 Å². The summed E-state index contributed by atoms with van der Waals surface area (Å²) in [6.07, 6.45) is 3.65. The maximum atomic E-state index is 12.4. The molecular formula is C18H20N4O2S2. The molecule has 0 aliphatic carbocycles. The van der Waals surface area contributed by atoms with Crippen molar-refractivity contribution in [3.8, 4) is 11.6 Å². The summed E-state index contributed by atoms with van der Waals surface area (Å²) in [5.74, 6) is 1.66. The summed E-state index contributed by atoms with van der Waals surface area (Å²) in [4.78, 5) is 15.4. The second kappa shape index (κ2) is 8.46. The van der Waals surface area contributed by atoms with Crippen LogP contribution in [0.1, 0.15) is 5.56 Å². The number of hydrogen-bond acceptors (Lipinski definition) is 6. The van der Waals surface area contributed by atoms with E-state index >= 15 is 0 Å². The first kappa shape index (κ1) is 18.6. The molecule has 2 heterocycles. The Morgan fingerprint density at radius 2 is 2.00 bits per heavy atom. The Morgan fingerprint density at radius 3 is 2.65 bits per heavy atom. The first-order valence-corrected chi connectivity index (χ1v) is 10.2. The molecule has 0 aliphatic rings. The molecule has 0 atom stereocenters. The number of carbonyl (C=O) groups excluding carboxylic acids is 1. The number of amides is 1. The molecule has 136 valence electrons. The summed E-state index contributed by atoms with van der Waals surface area (Å²) in [7, 11) is 3.68. The third-order valence-corrected chi connectivity index (χ3v) is 5.65. The monoisotopic (exact) mass is 388 g/mol. The van der Waals surface area contributed by atoms with Gasteiger partial charge in [-0.3, -0.25) is 4.79 Å². The Hall–Kier alpha value is -2.19. The van der Waals surface area contributed by atoms with Crippen molar-refractivity contribution < 1.29 is 9.21 Å². The van der Waals surface area contributed by atoms with Crippen LogP contribution in [0, 0.1) is 0 Å². The lowest BCUT2D eigenvalue weighted by Gasteiger charge is -2.17. The van der Waals surface area contributed by atoms with Crippen LogP contribution in [-0.4, -0.2) is 44.6 Å². The minimum Gasteiger partial charge on any atom is -0.461 e. The number of hydrogen-bond donors (Lipinski definition) is 0. The molecular weight excluding hydrogens is 368 g/mol. The van der Waals surface area contributed by atoms with Gasteiger partial charge in [-0.1, -0.05) is 23.9 Å². The molecule has 0 unspecified atom stereocenters. The molecule has 1 amide bonds. The molecule has 0 aliphatic heterocycles. The summed E-state index contributed by atoms with van der Waals surface area (Å²) < 4.78 is 7.18. The molecule has 0 N–H and O–H groups in total. The van der Waals surface area contributed by atoms with E-state index in [1.807, 2.05) is 31.0 Å². The smallest absolute Gasteiger partial charge is 0.233 e. The van der Waals surface area contributed by atoms with Crippen LogP contribution in [0.2, 0.25) is 0 Å². The van der Waals surface area contributed by atoms with E-state index in [-0.39, 0.29) is 5.91 Å². The van der Waals surface area contributed by atoms with Gasteiger partial charge in [0.15, 0.2) is 16.7 Å². The van der Waals surface area contributed by atoms with E-state index in [1.54, 1.807) is 29.0 Å². The Labute approximate surface area is 161 Å². The van der Waals surface area contributed by atoms with Crippen LogP contribution >= 0.6 is 23.5 Å². The second-order valence-electron chi connectivity index (χ2n) is 5.73. The zero-order valence-corrected chi connectivity index (χ0v) is 16.5. The highest BCUT2D eigenvalue weighted by molar-refractivity contribution is 7.99. The molecule has 1 aromatic carbocycles. The second-order valence-corrected chi connectivity index (χ2v) is 7.55. The van der Waals surface area contributed by atoms with Crippen molar-refractivity contribution in [3.05, 3.63) is 48.2 Å². The van der Waals surface area contributed by atoms with E-state index in [9.17, 15) is 4.79 Å². The van der Waals surface area contributed by atoms with Crippen molar-refractivity contribution in [1.29, 1.82) is 0 Å². The molecule has 8 heteroatoms. The van der Waals surface area contributed by atoms with E-state index in [2.05, 4.69) is 34.5 Å². The number of aromatic nitrogens is 3. The number of nitrogens with zero attached hydrogens (tertiary/aromatic N) is 4. The lowest BCUT2D eigenvalue weighted by molar-refractivity contribution is -0.127. The number of furan rings is 1. The fraction of sp³-hybridized carbons (Fsp3) is 0.278. The molecule has 0 saturated carbocycles. The van der Waals surface area contributed by atoms with Gasteiger partial charge in [-0.25, -0.2) is 0 Å². The zero-order chi connectivity index (χ0) is 18.5. The number of thioether (sulfide) groups is 2. The standard InChI is InChI=1S/C18H20N4O2S2/c1-21(11-13-6-8-14(25-3)9-7-13)16(23)12-26-18-20-19-17(22(18)2)15-5-4-10-24-15/h4-10H,11-12H2,1-3H3. The topological polar surface area (TPSA) is 64.2 Å². The highest BCUT2D eigenvalue weighted by Gasteiger charge is 2.16. The maximum absolute atomic E-state index is 12.4. The molecule has 0 radical (unpaired) electrons. The molecule has 2 aromatic heterocycles. The van der Waals surface area contributed by atoms with E-state index in [1.165, 1.54) is 16.7 Å². The summed E-state index contributed by atoms with van der Waals surface area (Å²) in [5, 5.41) is 8.97. The largest absolute Gasteiger partial charge is 0.461 e. The lowest BCUT2D eigenvalue weighted by Crippen LogP contribution is -2.27. The molecule has 0 saturated heterocycles. The van der Waals surface area contributed by atoms with Crippen LogP contribution in [0.15, 0.2) is 57.1 Å². The highest BCUT2D eigenvalue weighted by Crippen LogP contribution is 2.23. The van der Waals surface area contributed by atoms with Crippen molar-refractivity contribution in [3.63, 3.8) is 0 Å². The van der Waals surface area contributed by atoms with Crippen LogP contribution in [-0.2, 0) is 18.4 Å². The number of benzene rings is 1. The molecule has 26 heavy (non-hydrogen) atoms. The third-order valence-electron chi connectivity index (χ3n) is 3.91. The van der Waals surface area contributed by atoms with Gasteiger partial charge in [-0.15, -0.1) is 22.0 Å². The van der Waals surface area contributed by atoms with Crippen LogP contribution in [0.25, 0.3) is 11.6 Å². The molecule has 0 fully saturated rings. The van der Waals surface area contributed by atoms with Crippen LogP contribution in [0.4, 0.5) is 0 Å². The first-order valence-electron chi connectivity index (χ1n) is 8.01. The van der Waals surface area contributed by atoms with E-state index in [0.717, 1.165) is 5.56 Å². The van der Waals surface area contributed by atoms with Gasteiger partial charge in [0, 0.05) is 25.5 Å². The number of rotatable bonds is 7. The molecule has 3 aromatic rings. The highest BCUT2D eigenvalue weighted by atomic mass is 32.2. The van der Waals surface area contributed by atoms with Crippen molar-refractivity contribution in [1.82, 2.24) is 19.7 Å². The van der Waals surface area contributed by atoms with Gasteiger partial charge in [-0.05, 0) is 36.1 Å².